The van der Waals surface area contributed by atoms with Gasteiger partial charge in [-0.05, 0) is 36.4 Å². The minimum absolute atomic E-state index is 0.0477. The van der Waals surface area contributed by atoms with Gasteiger partial charge in [-0.15, -0.1) is 0 Å². The summed E-state index contributed by atoms with van der Waals surface area (Å²) >= 11 is 0. The molecule has 3 rings (SSSR count). The number of amidine groups is 1. The number of piperazine rings is 1. The molecule has 1 unspecified atom stereocenters. The maximum absolute atomic E-state index is 12.8. The van der Waals surface area contributed by atoms with Crippen LogP contribution < -0.4 is 15.2 Å². The van der Waals surface area contributed by atoms with Gasteiger partial charge in [0.25, 0.3) is 5.97 Å². The minimum Gasteiger partial charge on any atom is -0.497 e. The van der Waals surface area contributed by atoms with Crippen molar-refractivity contribution in [1.29, 1.82) is 5.41 Å². The number of carboxylic acids is 1. The topological polar surface area (TPSA) is 166 Å². The van der Waals surface area contributed by atoms with Crippen LogP contribution in [0.4, 0.5) is 0 Å². The third-order valence-corrected chi connectivity index (χ3v) is 7.00. The second-order valence-electron chi connectivity index (χ2n) is 7.81. The number of carbonyl (C=O) groups is 1. The molecule has 1 saturated heterocycles. The van der Waals surface area contributed by atoms with E-state index in [4.69, 9.17) is 30.5 Å². The van der Waals surface area contributed by atoms with Gasteiger partial charge in [0, 0.05) is 45.2 Å². The van der Waals surface area contributed by atoms with Gasteiger partial charge in [0.05, 0.1) is 12.0 Å². The summed E-state index contributed by atoms with van der Waals surface area (Å²) in [5, 5.41) is 25.2. The number of aliphatic hydroxyl groups is 1. The van der Waals surface area contributed by atoms with Gasteiger partial charge < -0.3 is 25.4 Å². The van der Waals surface area contributed by atoms with E-state index >= 15 is 0 Å². The van der Waals surface area contributed by atoms with Gasteiger partial charge in [0.1, 0.15) is 30.0 Å². The highest BCUT2D eigenvalue weighted by Crippen LogP contribution is 2.21. The minimum atomic E-state index is -3.56. The van der Waals surface area contributed by atoms with Crippen LogP contribution in [-0.2, 0) is 14.8 Å². The first-order chi connectivity index (χ1) is 16.5. The Hall–Kier alpha value is -3.19. The van der Waals surface area contributed by atoms with Crippen molar-refractivity contribution in [2.75, 3.05) is 46.4 Å². The molecule has 1 fully saturated rings. The second-order valence-corrected chi connectivity index (χ2v) is 9.74. The third-order valence-electron chi connectivity index (χ3n) is 5.08. The van der Waals surface area contributed by atoms with Crippen LogP contribution in [0.25, 0.3) is 0 Å². The van der Waals surface area contributed by atoms with Crippen LogP contribution in [0.1, 0.15) is 12.5 Å². The fourth-order valence-electron chi connectivity index (χ4n) is 3.35. The highest BCUT2D eigenvalue weighted by atomic mass is 32.2. The number of rotatable bonds is 9. The van der Waals surface area contributed by atoms with Crippen molar-refractivity contribution in [3.05, 3.63) is 54.1 Å². The Morgan fingerprint density at radius 1 is 1.11 bits per heavy atom. The van der Waals surface area contributed by atoms with Crippen LogP contribution >= 0.6 is 0 Å². The summed E-state index contributed by atoms with van der Waals surface area (Å²) in [4.78, 5) is 11.3. The molecule has 0 amide bonds. The SMILES string of the molecule is CC(=O)O.COc1ccc(S(=O)(=O)N2CCN(CC(O)COc3cccc(C(=N)N)c3)CC2)cc1. The molecule has 11 nitrogen and oxygen atoms in total. The van der Waals surface area contributed by atoms with Crippen molar-refractivity contribution >= 4 is 21.8 Å². The number of aliphatic carboxylic acids is 1. The van der Waals surface area contributed by atoms with E-state index in [1.54, 1.807) is 48.5 Å². The predicted octanol–water partition coefficient (Wildman–Crippen LogP) is 0.816. The van der Waals surface area contributed by atoms with Crippen molar-refractivity contribution in [3.63, 3.8) is 0 Å². The second kappa shape index (κ2) is 13.0. The molecular weight excluding hydrogens is 476 g/mol. The van der Waals surface area contributed by atoms with E-state index in [9.17, 15) is 13.5 Å². The molecule has 1 heterocycles. The summed E-state index contributed by atoms with van der Waals surface area (Å²) in [6.45, 7) is 3.29. The van der Waals surface area contributed by atoms with Gasteiger partial charge in [-0.1, -0.05) is 12.1 Å². The fraction of sp³-hybridized carbons (Fsp3) is 0.391. The summed E-state index contributed by atoms with van der Waals surface area (Å²) in [6.07, 6.45) is -0.731. The van der Waals surface area contributed by atoms with Crippen molar-refractivity contribution in [3.8, 4) is 11.5 Å². The molecule has 0 bridgehead atoms. The number of hydrogen-bond donors (Lipinski definition) is 4. The van der Waals surface area contributed by atoms with E-state index in [0.717, 1.165) is 6.92 Å². The van der Waals surface area contributed by atoms with E-state index in [-0.39, 0.29) is 17.3 Å². The molecule has 2 aromatic carbocycles. The van der Waals surface area contributed by atoms with Crippen LogP contribution in [-0.4, -0.2) is 92.2 Å². The molecule has 5 N–H and O–H groups in total. The lowest BCUT2D eigenvalue weighted by Gasteiger charge is -2.34. The van der Waals surface area contributed by atoms with Gasteiger partial charge in [0.15, 0.2) is 0 Å². The normalized spacial score (nSPS) is 15.4. The van der Waals surface area contributed by atoms with Gasteiger partial charge in [-0.25, -0.2) is 8.42 Å². The molecule has 0 aromatic heterocycles. The zero-order valence-corrected chi connectivity index (χ0v) is 20.6. The van der Waals surface area contributed by atoms with Crippen molar-refractivity contribution < 1.29 is 32.9 Å². The molecule has 12 heteroatoms. The quantitative estimate of drug-likeness (QED) is 0.283. The molecule has 1 atom stereocenters. The van der Waals surface area contributed by atoms with Gasteiger partial charge in [0.2, 0.25) is 10.0 Å². The lowest BCUT2D eigenvalue weighted by Crippen LogP contribution is -2.50. The first-order valence-corrected chi connectivity index (χ1v) is 12.3. The number of benzene rings is 2. The zero-order chi connectivity index (χ0) is 26.0. The molecule has 1 aliphatic heterocycles. The highest BCUT2D eigenvalue weighted by molar-refractivity contribution is 7.89. The van der Waals surface area contributed by atoms with E-state index in [2.05, 4.69) is 0 Å². The Bertz CT molecular complexity index is 1080. The number of hydrogen-bond acceptors (Lipinski definition) is 8. The maximum atomic E-state index is 12.8. The summed E-state index contributed by atoms with van der Waals surface area (Å²) in [5.74, 6) is 0.253. The molecular formula is C23H32N4O7S. The smallest absolute Gasteiger partial charge is 0.300 e. The first-order valence-electron chi connectivity index (χ1n) is 10.8. The predicted molar refractivity (Wildman–Crippen MR) is 130 cm³/mol. The van der Waals surface area contributed by atoms with E-state index < -0.39 is 22.1 Å². The van der Waals surface area contributed by atoms with Gasteiger partial charge >= 0.3 is 0 Å². The number of nitrogens with two attached hydrogens (primary N) is 1. The van der Waals surface area contributed by atoms with Crippen LogP contribution in [0.5, 0.6) is 11.5 Å². The number of β-amino-alcohol motifs (C(OH)–C–C–N with tert-alkyl or cyclic N) is 1. The van der Waals surface area contributed by atoms with E-state index in [0.29, 0.717) is 49.8 Å². The Morgan fingerprint density at radius 2 is 1.71 bits per heavy atom. The number of ether oxygens (including phenoxy) is 2. The third kappa shape index (κ3) is 8.83. The average molecular weight is 509 g/mol. The van der Waals surface area contributed by atoms with Gasteiger partial charge in [-0.2, -0.15) is 4.31 Å². The fourth-order valence-corrected chi connectivity index (χ4v) is 4.77. The molecule has 192 valence electrons. The Balaban J connectivity index is 0.00000100. The first kappa shape index (κ1) is 28.1. The molecule has 0 aliphatic carbocycles. The van der Waals surface area contributed by atoms with E-state index in [1.165, 1.54) is 11.4 Å². The summed E-state index contributed by atoms with van der Waals surface area (Å²) in [6, 6.07) is 13.2. The molecule has 0 saturated carbocycles. The number of carboxylic acid groups (broad SMARTS) is 1. The standard InChI is InChI=1S/C21H28N4O5S.C2H4O2/c1-29-18-5-7-20(8-6-18)31(27,28)25-11-9-24(10-12-25)14-17(26)15-30-19-4-2-3-16(13-19)21(22)23;1-2(3)4/h2-8,13,17,26H,9-12,14-15H2,1H3,(H3,22,23);1H3,(H,3,4). The van der Waals surface area contributed by atoms with Crippen molar-refractivity contribution in [2.24, 2.45) is 5.73 Å². The number of nitrogens with one attached hydrogen (secondary N) is 1. The number of nitrogen functional groups attached to an aromatic ring is 1. The molecule has 2 aromatic rings. The molecule has 35 heavy (non-hydrogen) atoms. The summed E-state index contributed by atoms with van der Waals surface area (Å²) < 4.78 is 37.8. The van der Waals surface area contributed by atoms with Crippen LogP contribution in [0.15, 0.2) is 53.4 Å². The molecule has 1 aliphatic rings. The highest BCUT2D eigenvalue weighted by Gasteiger charge is 2.29. The van der Waals surface area contributed by atoms with Crippen LogP contribution in [0.3, 0.4) is 0 Å². The van der Waals surface area contributed by atoms with Crippen LogP contribution in [0.2, 0.25) is 0 Å². The largest absolute Gasteiger partial charge is 0.497 e. The zero-order valence-electron chi connectivity index (χ0n) is 19.8. The maximum Gasteiger partial charge on any atom is 0.300 e. The average Bonchev–Trinajstić information content (AvgIpc) is 2.83. The summed E-state index contributed by atoms with van der Waals surface area (Å²) in [5.41, 5.74) is 6.03. The summed E-state index contributed by atoms with van der Waals surface area (Å²) in [7, 11) is -2.03. The Labute approximate surface area is 205 Å². The number of methoxy groups -OCH3 is 1. The number of nitrogens with zero attached hydrogens (tertiary/aromatic N) is 2. The lowest BCUT2D eigenvalue weighted by atomic mass is 10.2. The molecule has 0 radical (unpaired) electrons. The van der Waals surface area contributed by atoms with Crippen molar-refractivity contribution in [1.82, 2.24) is 9.21 Å². The van der Waals surface area contributed by atoms with Crippen molar-refractivity contribution in [2.45, 2.75) is 17.9 Å². The Morgan fingerprint density at radius 3 is 2.26 bits per heavy atom. The lowest BCUT2D eigenvalue weighted by molar-refractivity contribution is -0.134. The van der Waals surface area contributed by atoms with E-state index in [1.807, 2.05) is 4.90 Å². The number of aliphatic hydroxyl groups excluding tert-OH is 1. The van der Waals surface area contributed by atoms with Gasteiger partial charge in [-0.3, -0.25) is 15.1 Å². The number of sulfonamides is 1. The Kier molecular flexibility index (Phi) is 10.5. The van der Waals surface area contributed by atoms with Crippen LogP contribution in [0, 0.1) is 5.41 Å². The monoisotopic (exact) mass is 508 g/mol. The molecule has 0 spiro atoms.